The van der Waals surface area contributed by atoms with Crippen LogP contribution in [0.3, 0.4) is 0 Å². The smallest absolute Gasteiger partial charge is 0.228 e. The number of nitrogens with zero attached hydrogens (tertiary/aromatic N) is 3. The molecule has 2 saturated heterocycles. The van der Waals surface area contributed by atoms with E-state index < -0.39 is 0 Å². The first-order chi connectivity index (χ1) is 13.6. The Bertz CT molecular complexity index is 692. The van der Waals surface area contributed by atoms with Gasteiger partial charge in [0.05, 0.1) is 5.92 Å². The molecule has 1 aromatic carbocycles. The summed E-state index contributed by atoms with van der Waals surface area (Å²) < 4.78 is 0. The van der Waals surface area contributed by atoms with Crippen molar-refractivity contribution >= 4 is 17.7 Å². The molecule has 152 valence electrons. The Morgan fingerprint density at radius 2 is 1.75 bits per heavy atom. The van der Waals surface area contributed by atoms with Crippen molar-refractivity contribution in [2.24, 2.45) is 5.92 Å². The van der Waals surface area contributed by atoms with Crippen LogP contribution < -0.4 is 0 Å². The van der Waals surface area contributed by atoms with Crippen LogP contribution in [-0.4, -0.2) is 65.1 Å². The van der Waals surface area contributed by atoms with E-state index in [0.717, 1.165) is 31.4 Å². The van der Waals surface area contributed by atoms with Crippen LogP contribution in [0.25, 0.3) is 0 Å². The molecular weight excluding hydrogens is 354 g/mol. The first kappa shape index (κ1) is 20.4. The van der Waals surface area contributed by atoms with Gasteiger partial charge >= 0.3 is 0 Å². The number of amides is 3. The zero-order valence-corrected chi connectivity index (χ0v) is 16.8. The number of carbonyl (C=O) groups is 3. The number of hydrogen-bond acceptors (Lipinski definition) is 3. The molecule has 0 aromatic heterocycles. The summed E-state index contributed by atoms with van der Waals surface area (Å²) in [5.41, 5.74) is 1.08. The predicted octanol–water partition coefficient (Wildman–Crippen LogP) is 2.29. The molecule has 28 heavy (non-hydrogen) atoms. The van der Waals surface area contributed by atoms with Crippen molar-refractivity contribution in [2.75, 3.05) is 32.7 Å². The Balaban J connectivity index is 1.52. The van der Waals surface area contributed by atoms with E-state index in [2.05, 4.69) is 6.92 Å². The highest BCUT2D eigenvalue weighted by atomic mass is 16.2. The molecule has 0 radical (unpaired) electrons. The summed E-state index contributed by atoms with van der Waals surface area (Å²) >= 11 is 0. The highest BCUT2D eigenvalue weighted by Crippen LogP contribution is 2.23. The van der Waals surface area contributed by atoms with Gasteiger partial charge in [-0.1, -0.05) is 43.7 Å². The van der Waals surface area contributed by atoms with E-state index in [-0.39, 0.29) is 23.6 Å². The van der Waals surface area contributed by atoms with Crippen LogP contribution >= 0.6 is 0 Å². The van der Waals surface area contributed by atoms with Crippen LogP contribution in [0.2, 0.25) is 0 Å². The third-order valence-electron chi connectivity index (χ3n) is 5.68. The molecule has 0 aliphatic carbocycles. The summed E-state index contributed by atoms with van der Waals surface area (Å²) in [5, 5.41) is 0. The van der Waals surface area contributed by atoms with E-state index in [1.807, 2.05) is 40.1 Å². The first-order valence-electron chi connectivity index (χ1n) is 10.5. The van der Waals surface area contributed by atoms with Gasteiger partial charge in [0.1, 0.15) is 0 Å². The van der Waals surface area contributed by atoms with E-state index in [1.165, 1.54) is 0 Å². The van der Waals surface area contributed by atoms with Gasteiger partial charge in [0.15, 0.2) is 0 Å². The van der Waals surface area contributed by atoms with Gasteiger partial charge in [0.2, 0.25) is 17.7 Å². The van der Waals surface area contributed by atoms with Gasteiger partial charge in [-0.2, -0.15) is 0 Å². The molecule has 1 aromatic rings. The molecule has 6 heteroatoms. The fourth-order valence-corrected chi connectivity index (χ4v) is 4.03. The lowest BCUT2D eigenvalue weighted by Crippen LogP contribution is -2.40. The lowest BCUT2D eigenvalue weighted by Gasteiger charge is -2.24. The van der Waals surface area contributed by atoms with Crippen LogP contribution in [-0.2, 0) is 20.9 Å². The lowest BCUT2D eigenvalue weighted by atomic mass is 10.1. The van der Waals surface area contributed by atoms with Crippen molar-refractivity contribution in [1.82, 2.24) is 14.7 Å². The van der Waals surface area contributed by atoms with Crippen molar-refractivity contribution in [3.63, 3.8) is 0 Å². The Morgan fingerprint density at radius 3 is 2.50 bits per heavy atom. The Labute approximate surface area is 167 Å². The quantitative estimate of drug-likeness (QED) is 0.755. The normalized spacial score (nSPS) is 20.4. The molecule has 2 aliphatic heterocycles. The third-order valence-corrected chi connectivity index (χ3v) is 5.68. The van der Waals surface area contributed by atoms with Crippen LogP contribution in [0.1, 0.15) is 44.6 Å². The van der Waals surface area contributed by atoms with Crippen molar-refractivity contribution in [2.45, 2.75) is 45.6 Å². The largest absolute Gasteiger partial charge is 0.341 e. The molecule has 2 aliphatic rings. The Kier molecular flexibility index (Phi) is 7.06. The van der Waals surface area contributed by atoms with E-state index >= 15 is 0 Å². The van der Waals surface area contributed by atoms with E-state index in [9.17, 15) is 14.4 Å². The van der Waals surface area contributed by atoms with Crippen molar-refractivity contribution < 1.29 is 14.4 Å². The zero-order valence-electron chi connectivity index (χ0n) is 16.8. The molecule has 3 rings (SSSR count). The minimum absolute atomic E-state index is 0.0494. The standard InChI is InChI=1S/C22H31N3O3/c1-2-3-10-20(26)23-11-7-12-24(14-13-23)22(28)19-15-21(27)25(17-19)16-18-8-5-4-6-9-18/h4-6,8-9,19H,2-3,7,10-17H2,1H3. The number of carbonyl (C=O) groups excluding carboxylic acids is 3. The molecule has 0 N–H and O–H groups in total. The summed E-state index contributed by atoms with van der Waals surface area (Å²) in [7, 11) is 0. The second kappa shape index (κ2) is 9.71. The van der Waals surface area contributed by atoms with Crippen LogP contribution in [0.5, 0.6) is 0 Å². The van der Waals surface area contributed by atoms with Gasteiger partial charge in [0.25, 0.3) is 0 Å². The number of unbranched alkanes of at least 4 members (excludes halogenated alkanes) is 1. The zero-order chi connectivity index (χ0) is 19.9. The van der Waals surface area contributed by atoms with Crippen LogP contribution in [0.4, 0.5) is 0 Å². The van der Waals surface area contributed by atoms with Gasteiger partial charge in [-0.05, 0) is 18.4 Å². The van der Waals surface area contributed by atoms with E-state index in [0.29, 0.717) is 45.6 Å². The highest BCUT2D eigenvalue weighted by molar-refractivity contribution is 5.89. The van der Waals surface area contributed by atoms with Crippen LogP contribution in [0.15, 0.2) is 30.3 Å². The SMILES string of the molecule is CCCCC(=O)N1CCCN(C(=O)C2CC(=O)N(Cc3ccccc3)C2)CC1. The fourth-order valence-electron chi connectivity index (χ4n) is 4.03. The molecule has 2 heterocycles. The minimum Gasteiger partial charge on any atom is -0.341 e. The van der Waals surface area contributed by atoms with Crippen molar-refractivity contribution in [3.05, 3.63) is 35.9 Å². The molecule has 3 amide bonds. The van der Waals surface area contributed by atoms with Gasteiger partial charge in [-0.25, -0.2) is 0 Å². The third kappa shape index (κ3) is 5.12. The van der Waals surface area contributed by atoms with Crippen molar-refractivity contribution in [1.29, 1.82) is 0 Å². The van der Waals surface area contributed by atoms with Gasteiger partial charge in [-0.15, -0.1) is 0 Å². The second-order valence-electron chi connectivity index (χ2n) is 7.82. The Hall–Kier alpha value is -2.37. The molecule has 0 bridgehead atoms. The maximum absolute atomic E-state index is 13.0. The first-order valence-corrected chi connectivity index (χ1v) is 10.5. The van der Waals surface area contributed by atoms with Crippen LogP contribution in [0, 0.1) is 5.92 Å². The van der Waals surface area contributed by atoms with Crippen molar-refractivity contribution in [3.8, 4) is 0 Å². The summed E-state index contributed by atoms with van der Waals surface area (Å²) in [6.07, 6.45) is 3.62. The molecular formula is C22H31N3O3. The average molecular weight is 386 g/mol. The maximum Gasteiger partial charge on any atom is 0.228 e. The topological polar surface area (TPSA) is 60.9 Å². The minimum atomic E-state index is -0.265. The molecule has 0 saturated carbocycles. The lowest BCUT2D eigenvalue weighted by molar-refractivity contribution is -0.136. The monoisotopic (exact) mass is 385 g/mol. The number of likely N-dealkylation sites (tertiary alicyclic amines) is 1. The fraction of sp³-hybridized carbons (Fsp3) is 0.591. The molecule has 2 fully saturated rings. The summed E-state index contributed by atoms with van der Waals surface area (Å²) in [5.74, 6) is 0.0416. The van der Waals surface area contributed by atoms with E-state index in [4.69, 9.17) is 0 Å². The molecule has 0 spiro atoms. The Morgan fingerprint density at radius 1 is 1.04 bits per heavy atom. The second-order valence-corrected chi connectivity index (χ2v) is 7.82. The average Bonchev–Trinajstić information content (AvgIpc) is 2.92. The molecule has 6 nitrogen and oxygen atoms in total. The number of rotatable bonds is 6. The highest BCUT2D eigenvalue weighted by Gasteiger charge is 2.37. The maximum atomic E-state index is 13.0. The summed E-state index contributed by atoms with van der Waals surface area (Å²) in [4.78, 5) is 43.2. The predicted molar refractivity (Wildman–Crippen MR) is 107 cm³/mol. The summed E-state index contributed by atoms with van der Waals surface area (Å²) in [6.45, 7) is 5.68. The van der Waals surface area contributed by atoms with Gasteiger partial charge in [0, 0.05) is 52.1 Å². The molecule has 1 atom stereocenters. The number of hydrogen-bond donors (Lipinski definition) is 0. The van der Waals surface area contributed by atoms with E-state index in [1.54, 1.807) is 4.90 Å². The number of benzene rings is 1. The summed E-state index contributed by atoms with van der Waals surface area (Å²) in [6, 6.07) is 9.88. The van der Waals surface area contributed by atoms with Gasteiger partial charge in [-0.3, -0.25) is 14.4 Å². The van der Waals surface area contributed by atoms with Gasteiger partial charge < -0.3 is 14.7 Å². The molecule has 1 unspecified atom stereocenters.